The Kier molecular flexibility index (Phi) is 80.7. The highest BCUT2D eigenvalue weighted by atomic mass is 31.2. The molecule has 0 aromatic heterocycles. The highest BCUT2D eigenvalue weighted by Gasteiger charge is 2.31. The summed E-state index contributed by atoms with van der Waals surface area (Å²) < 4.78 is 69.0. The molecule has 2 unspecified atom stereocenters. The predicted octanol–water partition coefficient (Wildman–Crippen LogP) is 28.2. The molecule has 19 heteroatoms. The lowest BCUT2D eigenvalue weighted by Gasteiger charge is -2.21. The standard InChI is InChI=1S/C91H178O17P2/c1-7-9-11-13-15-17-19-20-21-22-29-35-40-45-51-57-63-69-75-90(95)107-86(79-101-88(93)73-67-61-55-49-18-16-14-12-10-8-2)81-105-109(97,98)103-77-85(92)78-104-110(99,100)106-82-87(108-91(96)76-70-64-58-52-46-41-36-31-26-24-28-33-38-43-48-54-60-66-72-84(5)6)80-102-89(94)74-68-62-56-50-44-39-34-30-25-23-27-32-37-42-47-53-59-65-71-83(3)4/h83-87,92H,7-82H2,1-6H3,(H,97,98)(H,99,100)/t85-,86+,87+/m0/s1. The Labute approximate surface area is 677 Å². The van der Waals surface area contributed by atoms with Crippen molar-refractivity contribution in [1.29, 1.82) is 0 Å². The molecular weight excluding hydrogens is 1430 g/mol. The summed E-state index contributed by atoms with van der Waals surface area (Å²) in [5, 5.41) is 10.7. The molecule has 0 saturated carbocycles. The Morgan fingerprint density at radius 2 is 0.418 bits per heavy atom. The van der Waals surface area contributed by atoms with Crippen molar-refractivity contribution in [3.05, 3.63) is 0 Å². The lowest BCUT2D eigenvalue weighted by molar-refractivity contribution is -0.161. The highest BCUT2D eigenvalue weighted by Crippen LogP contribution is 2.45. The number of ether oxygens (including phenoxy) is 4. The fraction of sp³-hybridized carbons (Fsp3) is 0.956. The first-order valence-electron chi connectivity index (χ1n) is 47.0. The first-order valence-corrected chi connectivity index (χ1v) is 50.0. The quantitative estimate of drug-likeness (QED) is 0.0222. The summed E-state index contributed by atoms with van der Waals surface area (Å²) in [5.41, 5.74) is 0. The Hall–Kier alpha value is -1.94. The lowest BCUT2D eigenvalue weighted by Crippen LogP contribution is -2.30. The van der Waals surface area contributed by atoms with E-state index in [9.17, 15) is 43.2 Å². The van der Waals surface area contributed by atoms with Gasteiger partial charge in [-0.05, 0) is 37.5 Å². The van der Waals surface area contributed by atoms with Crippen LogP contribution < -0.4 is 0 Å². The van der Waals surface area contributed by atoms with Gasteiger partial charge in [-0.2, -0.15) is 0 Å². The Balaban J connectivity index is 5.21. The van der Waals surface area contributed by atoms with Crippen molar-refractivity contribution in [2.24, 2.45) is 11.8 Å². The van der Waals surface area contributed by atoms with Crippen LogP contribution in [0, 0.1) is 11.8 Å². The van der Waals surface area contributed by atoms with Crippen LogP contribution >= 0.6 is 15.6 Å². The van der Waals surface area contributed by atoms with Gasteiger partial charge in [-0.3, -0.25) is 37.3 Å². The molecule has 0 rings (SSSR count). The highest BCUT2D eigenvalue weighted by molar-refractivity contribution is 7.47. The summed E-state index contributed by atoms with van der Waals surface area (Å²) in [4.78, 5) is 73.4. The van der Waals surface area contributed by atoms with Gasteiger partial charge in [-0.15, -0.1) is 0 Å². The summed E-state index contributed by atoms with van der Waals surface area (Å²) in [6, 6.07) is 0. The molecule has 0 heterocycles. The van der Waals surface area contributed by atoms with Gasteiger partial charge >= 0.3 is 39.5 Å². The van der Waals surface area contributed by atoms with Crippen LogP contribution in [0.3, 0.4) is 0 Å². The van der Waals surface area contributed by atoms with Crippen LogP contribution in [-0.4, -0.2) is 96.7 Å². The molecule has 0 aromatic carbocycles. The summed E-state index contributed by atoms with van der Waals surface area (Å²) in [6.45, 7) is 9.77. The van der Waals surface area contributed by atoms with Crippen molar-refractivity contribution in [2.75, 3.05) is 39.6 Å². The number of aliphatic hydroxyl groups excluding tert-OH is 1. The Morgan fingerprint density at radius 3 is 0.618 bits per heavy atom. The number of phosphoric acid groups is 2. The minimum atomic E-state index is -4.97. The monoisotopic (exact) mass is 1610 g/mol. The number of carbonyl (C=O) groups excluding carboxylic acids is 4. The van der Waals surface area contributed by atoms with Crippen molar-refractivity contribution < 1.29 is 80.2 Å². The first-order chi connectivity index (χ1) is 53.4. The molecule has 17 nitrogen and oxygen atoms in total. The molecule has 0 amide bonds. The van der Waals surface area contributed by atoms with Gasteiger partial charge in [0, 0.05) is 25.7 Å². The van der Waals surface area contributed by atoms with E-state index in [1.807, 2.05) is 0 Å². The van der Waals surface area contributed by atoms with Gasteiger partial charge in [-0.25, -0.2) is 9.13 Å². The largest absolute Gasteiger partial charge is 0.472 e. The maximum absolute atomic E-state index is 13.2. The van der Waals surface area contributed by atoms with Gasteiger partial charge in [0.2, 0.25) is 0 Å². The van der Waals surface area contributed by atoms with E-state index in [4.69, 9.17) is 37.0 Å². The van der Waals surface area contributed by atoms with Crippen molar-refractivity contribution >= 4 is 39.5 Å². The second-order valence-corrected chi connectivity index (χ2v) is 36.6. The number of phosphoric ester groups is 2. The molecule has 3 N–H and O–H groups in total. The van der Waals surface area contributed by atoms with Crippen molar-refractivity contribution in [2.45, 2.75) is 509 Å². The number of hydrogen-bond acceptors (Lipinski definition) is 15. The molecule has 0 aliphatic heterocycles. The molecule has 0 aliphatic carbocycles. The normalized spacial score (nSPS) is 13.7. The molecule has 0 saturated heterocycles. The van der Waals surface area contributed by atoms with Crippen molar-refractivity contribution in [3.8, 4) is 0 Å². The molecule has 0 fully saturated rings. The minimum Gasteiger partial charge on any atom is -0.462 e. The second-order valence-electron chi connectivity index (χ2n) is 33.6. The van der Waals surface area contributed by atoms with Crippen molar-refractivity contribution in [1.82, 2.24) is 0 Å². The number of unbranched alkanes of at least 4 members (excludes halogenated alkanes) is 60. The van der Waals surface area contributed by atoms with Crippen LogP contribution in [0.1, 0.15) is 491 Å². The van der Waals surface area contributed by atoms with E-state index in [1.165, 1.54) is 308 Å². The first kappa shape index (κ1) is 108. The zero-order valence-electron chi connectivity index (χ0n) is 72.6. The predicted molar refractivity (Wildman–Crippen MR) is 455 cm³/mol. The Bertz CT molecular complexity index is 2100. The molecule has 0 bridgehead atoms. The maximum atomic E-state index is 13.2. The summed E-state index contributed by atoms with van der Waals surface area (Å²) in [6.07, 6.45) is 76.5. The lowest BCUT2D eigenvalue weighted by atomic mass is 10.0. The van der Waals surface area contributed by atoms with E-state index in [-0.39, 0.29) is 25.7 Å². The number of aliphatic hydroxyl groups is 1. The third-order valence-corrected chi connectivity index (χ3v) is 23.4. The topological polar surface area (TPSA) is 237 Å². The molecular formula is C91H178O17P2. The van der Waals surface area contributed by atoms with Crippen LogP contribution in [0.2, 0.25) is 0 Å². The van der Waals surface area contributed by atoms with E-state index < -0.39 is 97.5 Å². The zero-order valence-corrected chi connectivity index (χ0v) is 74.4. The van der Waals surface area contributed by atoms with Gasteiger partial charge in [0.25, 0.3) is 0 Å². The third kappa shape index (κ3) is 84.0. The molecule has 0 aromatic rings. The minimum absolute atomic E-state index is 0.109. The number of carbonyl (C=O) groups is 4. The second kappa shape index (κ2) is 82.2. The van der Waals surface area contributed by atoms with Crippen LogP contribution in [0.5, 0.6) is 0 Å². The fourth-order valence-electron chi connectivity index (χ4n) is 14.3. The summed E-state index contributed by atoms with van der Waals surface area (Å²) >= 11 is 0. The SMILES string of the molecule is CCCCCCCCCCCCCCCCCCCCC(=O)O[C@H](COC(=O)CCCCCCCCCCCC)COP(=O)(O)OC[C@H](O)COP(=O)(O)OC[C@@H](COC(=O)CCCCCCCCCCCCCCCCCCCCC(C)C)OC(=O)CCCCCCCCCCCCCCCCCCCCC(C)C. The number of rotatable bonds is 90. The van der Waals surface area contributed by atoms with Crippen LogP contribution in [0.4, 0.5) is 0 Å². The van der Waals surface area contributed by atoms with E-state index in [1.54, 1.807) is 0 Å². The van der Waals surface area contributed by atoms with Gasteiger partial charge in [-0.1, -0.05) is 440 Å². The Morgan fingerprint density at radius 1 is 0.245 bits per heavy atom. The van der Waals surface area contributed by atoms with Crippen molar-refractivity contribution in [3.63, 3.8) is 0 Å². The van der Waals surface area contributed by atoms with Gasteiger partial charge in [0.05, 0.1) is 26.4 Å². The average molecular weight is 1610 g/mol. The van der Waals surface area contributed by atoms with E-state index in [2.05, 4.69) is 41.5 Å². The fourth-order valence-corrected chi connectivity index (χ4v) is 15.9. The van der Waals surface area contributed by atoms with E-state index in [0.29, 0.717) is 25.7 Å². The van der Waals surface area contributed by atoms with Gasteiger partial charge in [0.1, 0.15) is 19.3 Å². The molecule has 654 valence electrons. The third-order valence-electron chi connectivity index (χ3n) is 21.5. The van der Waals surface area contributed by atoms with Gasteiger partial charge in [0.15, 0.2) is 12.2 Å². The van der Waals surface area contributed by atoms with E-state index in [0.717, 1.165) is 102 Å². The average Bonchev–Trinajstić information content (AvgIpc) is 0.898. The van der Waals surface area contributed by atoms with Crippen LogP contribution in [0.15, 0.2) is 0 Å². The summed E-state index contributed by atoms with van der Waals surface area (Å²) in [7, 11) is -9.93. The molecule has 5 atom stereocenters. The number of hydrogen-bond donors (Lipinski definition) is 3. The molecule has 0 spiro atoms. The van der Waals surface area contributed by atoms with Crippen LogP contribution in [0.25, 0.3) is 0 Å². The summed E-state index contributed by atoms with van der Waals surface area (Å²) in [5.74, 6) is -0.452. The maximum Gasteiger partial charge on any atom is 0.472 e. The molecule has 110 heavy (non-hydrogen) atoms. The van der Waals surface area contributed by atoms with Gasteiger partial charge < -0.3 is 33.8 Å². The zero-order chi connectivity index (χ0) is 80.6. The van der Waals surface area contributed by atoms with Crippen LogP contribution in [-0.2, 0) is 65.4 Å². The smallest absolute Gasteiger partial charge is 0.462 e. The molecule has 0 aliphatic rings. The number of esters is 4. The van der Waals surface area contributed by atoms with E-state index >= 15 is 0 Å². The molecule has 0 radical (unpaired) electrons.